The molecule has 0 spiro atoms. The molecule has 4 heteroatoms. The highest BCUT2D eigenvalue weighted by atomic mass is 16.7. The van der Waals surface area contributed by atoms with Gasteiger partial charge in [0.15, 0.2) is 0 Å². The highest BCUT2D eigenvalue weighted by Gasteiger charge is 1.94. The summed E-state index contributed by atoms with van der Waals surface area (Å²) in [6.45, 7) is 8.70. The SMILES string of the molecule is C1CCOCOC1.CCCCOCOCCCC. The van der Waals surface area contributed by atoms with Gasteiger partial charge in [-0.25, -0.2) is 0 Å². The summed E-state index contributed by atoms with van der Waals surface area (Å²) in [6, 6.07) is 0. The maximum absolute atomic E-state index is 5.20. The molecule has 0 aromatic rings. The van der Waals surface area contributed by atoms with E-state index < -0.39 is 0 Å². The largest absolute Gasteiger partial charge is 0.355 e. The van der Waals surface area contributed by atoms with Gasteiger partial charge in [-0.2, -0.15) is 0 Å². The molecule has 0 aliphatic carbocycles. The van der Waals surface area contributed by atoms with Gasteiger partial charge in [0.25, 0.3) is 0 Å². The number of hydrogen-bond acceptors (Lipinski definition) is 4. The Hall–Kier alpha value is -0.160. The van der Waals surface area contributed by atoms with E-state index >= 15 is 0 Å². The minimum absolute atomic E-state index is 0.472. The predicted octanol–water partition coefficient (Wildman–Crippen LogP) is 3.35. The van der Waals surface area contributed by atoms with Gasteiger partial charge in [-0.05, 0) is 25.7 Å². The summed E-state index contributed by atoms with van der Waals surface area (Å²) >= 11 is 0. The Bertz CT molecular complexity index is 114. The summed E-state index contributed by atoms with van der Waals surface area (Å²) in [5, 5.41) is 0. The van der Waals surface area contributed by atoms with Crippen molar-refractivity contribution in [2.75, 3.05) is 40.0 Å². The Morgan fingerprint density at radius 3 is 1.78 bits per heavy atom. The normalized spacial score (nSPS) is 15.7. The molecule has 0 aromatic heterocycles. The van der Waals surface area contributed by atoms with Crippen LogP contribution in [0.4, 0.5) is 0 Å². The second kappa shape index (κ2) is 16.8. The first-order valence-electron chi connectivity index (χ1n) is 7.22. The van der Waals surface area contributed by atoms with E-state index in [4.69, 9.17) is 18.9 Å². The monoisotopic (exact) mass is 262 g/mol. The third-order valence-electron chi connectivity index (χ3n) is 2.45. The molecule has 4 nitrogen and oxygen atoms in total. The van der Waals surface area contributed by atoms with Crippen LogP contribution in [0, 0.1) is 0 Å². The zero-order valence-corrected chi connectivity index (χ0v) is 12.1. The molecule has 0 atom stereocenters. The van der Waals surface area contributed by atoms with Crippen LogP contribution in [0.15, 0.2) is 0 Å². The zero-order valence-electron chi connectivity index (χ0n) is 12.1. The molecule has 1 rings (SSSR count). The Labute approximate surface area is 112 Å². The first-order valence-corrected chi connectivity index (χ1v) is 7.22. The summed E-state index contributed by atoms with van der Waals surface area (Å²) in [6.07, 6.45) is 6.96. The summed E-state index contributed by atoms with van der Waals surface area (Å²) in [4.78, 5) is 0. The van der Waals surface area contributed by atoms with Gasteiger partial charge in [-0.3, -0.25) is 0 Å². The summed E-state index contributed by atoms with van der Waals surface area (Å²) in [5.74, 6) is 0. The van der Waals surface area contributed by atoms with Crippen LogP contribution in [0.1, 0.15) is 52.4 Å². The minimum Gasteiger partial charge on any atom is -0.355 e. The van der Waals surface area contributed by atoms with E-state index in [2.05, 4.69) is 13.8 Å². The second-order valence-electron chi connectivity index (χ2n) is 4.28. The molecule has 110 valence electrons. The predicted molar refractivity (Wildman–Crippen MR) is 72.6 cm³/mol. The van der Waals surface area contributed by atoms with E-state index in [1.165, 1.54) is 12.8 Å². The molecule has 0 aromatic carbocycles. The second-order valence-corrected chi connectivity index (χ2v) is 4.28. The quantitative estimate of drug-likeness (QED) is 0.496. The van der Waals surface area contributed by atoms with Crippen LogP contribution in [-0.4, -0.2) is 40.0 Å². The van der Waals surface area contributed by atoms with Gasteiger partial charge in [0.05, 0.1) is 0 Å². The molecule has 1 aliphatic heterocycles. The third-order valence-corrected chi connectivity index (χ3v) is 2.45. The molecule has 0 bridgehead atoms. The Balaban J connectivity index is 0.000000351. The zero-order chi connectivity index (χ0) is 13.3. The molecule has 1 fully saturated rings. The minimum atomic E-state index is 0.472. The lowest BCUT2D eigenvalue weighted by atomic mass is 10.3. The van der Waals surface area contributed by atoms with Crippen LogP contribution in [0.2, 0.25) is 0 Å². The standard InChI is InChI=1S/C9H20O2.C5H10O2/c1-3-5-7-10-9-11-8-6-4-2;1-2-4-7-5-6-3-1/h3-9H2,1-2H3;1-5H2. The van der Waals surface area contributed by atoms with Gasteiger partial charge in [0, 0.05) is 26.4 Å². The molecule has 1 saturated heterocycles. The lowest BCUT2D eigenvalue weighted by molar-refractivity contribution is -0.0550. The van der Waals surface area contributed by atoms with Crippen LogP contribution in [0.3, 0.4) is 0 Å². The van der Waals surface area contributed by atoms with Crippen LogP contribution in [0.25, 0.3) is 0 Å². The van der Waals surface area contributed by atoms with Crippen molar-refractivity contribution in [3.05, 3.63) is 0 Å². The number of rotatable bonds is 8. The topological polar surface area (TPSA) is 36.9 Å². The number of unbranched alkanes of at least 4 members (excludes halogenated alkanes) is 2. The fourth-order valence-electron chi connectivity index (χ4n) is 1.25. The third kappa shape index (κ3) is 15.8. The van der Waals surface area contributed by atoms with Crippen molar-refractivity contribution >= 4 is 0 Å². The number of ether oxygens (including phenoxy) is 4. The average Bonchev–Trinajstić information content (AvgIpc) is 2.71. The van der Waals surface area contributed by atoms with E-state index in [1.807, 2.05) is 0 Å². The molecular weight excluding hydrogens is 232 g/mol. The Morgan fingerprint density at radius 1 is 0.833 bits per heavy atom. The van der Waals surface area contributed by atoms with Gasteiger partial charge in [-0.15, -0.1) is 0 Å². The fraction of sp³-hybridized carbons (Fsp3) is 1.00. The highest BCUT2D eigenvalue weighted by Crippen LogP contribution is 1.96. The lowest BCUT2D eigenvalue weighted by Gasteiger charge is -2.03. The van der Waals surface area contributed by atoms with E-state index in [0.717, 1.165) is 52.1 Å². The highest BCUT2D eigenvalue weighted by molar-refractivity contribution is 4.38. The molecule has 1 aliphatic rings. The van der Waals surface area contributed by atoms with Gasteiger partial charge >= 0.3 is 0 Å². The molecule has 0 saturated carbocycles. The van der Waals surface area contributed by atoms with Crippen LogP contribution in [-0.2, 0) is 18.9 Å². The van der Waals surface area contributed by atoms with Crippen molar-refractivity contribution in [3.63, 3.8) is 0 Å². The van der Waals surface area contributed by atoms with Crippen molar-refractivity contribution in [1.29, 1.82) is 0 Å². The van der Waals surface area contributed by atoms with Gasteiger partial charge in [0.1, 0.15) is 13.6 Å². The summed E-state index contributed by atoms with van der Waals surface area (Å²) in [7, 11) is 0. The lowest BCUT2D eigenvalue weighted by Crippen LogP contribution is -2.02. The number of hydrogen-bond donors (Lipinski definition) is 0. The van der Waals surface area contributed by atoms with E-state index in [1.54, 1.807) is 0 Å². The summed E-state index contributed by atoms with van der Waals surface area (Å²) < 4.78 is 20.3. The molecule has 1 heterocycles. The van der Waals surface area contributed by atoms with Crippen LogP contribution in [0.5, 0.6) is 0 Å². The molecule has 0 unspecified atom stereocenters. The molecule has 0 radical (unpaired) electrons. The first kappa shape index (κ1) is 17.8. The fourth-order valence-corrected chi connectivity index (χ4v) is 1.25. The smallest absolute Gasteiger partial charge is 0.146 e. The maximum atomic E-state index is 5.20. The van der Waals surface area contributed by atoms with Gasteiger partial charge in [0.2, 0.25) is 0 Å². The van der Waals surface area contributed by atoms with Gasteiger partial charge < -0.3 is 18.9 Å². The van der Waals surface area contributed by atoms with Gasteiger partial charge in [-0.1, -0.05) is 26.7 Å². The van der Waals surface area contributed by atoms with Crippen LogP contribution < -0.4 is 0 Å². The van der Waals surface area contributed by atoms with Crippen molar-refractivity contribution in [2.45, 2.75) is 52.4 Å². The Kier molecular flexibility index (Phi) is 16.7. The first-order chi connectivity index (χ1) is 8.91. The maximum Gasteiger partial charge on any atom is 0.146 e. The van der Waals surface area contributed by atoms with E-state index in [9.17, 15) is 0 Å². The molecule has 0 N–H and O–H groups in total. The average molecular weight is 262 g/mol. The Morgan fingerprint density at radius 2 is 1.33 bits per heavy atom. The molecule has 0 amide bonds. The van der Waals surface area contributed by atoms with Crippen molar-refractivity contribution in [3.8, 4) is 0 Å². The van der Waals surface area contributed by atoms with Crippen molar-refractivity contribution in [2.24, 2.45) is 0 Å². The van der Waals surface area contributed by atoms with Crippen LogP contribution >= 0.6 is 0 Å². The van der Waals surface area contributed by atoms with E-state index in [0.29, 0.717) is 13.6 Å². The van der Waals surface area contributed by atoms with Crippen molar-refractivity contribution in [1.82, 2.24) is 0 Å². The summed E-state index contributed by atoms with van der Waals surface area (Å²) in [5.41, 5.74) is 0. The van der Waals surface area contributed by atoms with Crippen molar-refractivity contribution < 1.29 is 18.9 Å². The molecule has 18 heavy (non-hydrogen) atoms. The molecular formula is C14H30O4. The van der Waals surface area contributed by atoms with E-state index in [-0.39, 0.29) is 0 Å².